The van der Waals surface area contributed by atoms with E-state index in [1.165, 1.54) is 17.0 Å². The van der Waals surface area contributed by atoms with Gasteiger partial charge in [-0.3, -0.25) is 4.79 Å². The summed E-state index contributed by atoms with van der Waals surface area (Å²) in [7, 11) is 0. The highest BCUT2D eigenvalue weighted by Crippen LogP contribution is 2.17. The number of nitrogens with one attached hydrogen (secondary N) is 1. The predicted molar refractivity (Wildman–Crippen MR) is 86.9 cm³/mol. The van der Waals surface area contributed by atoms with E-state index in [2.05, 4.69) is 27.3 Å². The van der Waals surface area contributed by atoms with Gasteiger partial charge in [-0.1, -0.05) is 22.0 Å². The molecule has 0 radical (unpaired) electrons. The molecule has 1 heterocycles. The largest absolute Gasteiger partial charge is 0.351 e. The van der Waals surface area contributed by atoms with Crippen LogP contribution in [0.25, 0.3) is 0 Å². The predicted octanol–water partition coefficient (Wildman–Crippen LogP) is 4.31. The van der Waals surface area contributed by atoms with E-state index in [0.29, 0.717) is 11.0 Å². The van der Waals surface area contributed by atoms with Gasteiger partial charge in [0.05, 0.1) is 5.56 Å². The minimum atomic E-state index is -0.511. The average Bonchev–Trinajstić information content (AvgIpc) is 2.91. The number of carbonyl (C=O) groups excluding carboxylic acids is 1. The van der Waals surface area contributed by atoms with Gasteiger partial charge in [0.1, 0.15) is 5.82 Å². The van der Waals surface area contributed by atoms with Crippen LogP contribution in [0.3, 0.4) is 0 Å². The van der Waals surface area contributed by atoms with E-state index in [1.807, 2.05) is 11.4 Å². The zero-order chi connectivity index (χ0) is 14.4. The van der Waals surface area contributed by atoms with Gasteiger partial charge in [-0.2, -0.15) is 11.8 Å². The highest BCUT2D eigenvalue weighted by Gasteiger charge is 2.10. The lowest BCUT2D eigenvalue weighted by Gasteiger charge is -2.06. The fourth-order valence-electron chi connectivity index (χ4n) is 1.57. The first-order valence-corrected chi connectivity index (χ1v) is 8.83. The second-order valence-corrected chi connectivity index (χ2v) is 7.07. The Labute approximate surface area is 133 Å². The van der Waals surface area contributed by atoms with Crippen LogP contribution in [0, 0.1) is 5.82 Å². The molecule has 0 unspecified atom stereocenters. The Kier molecular flexibility index (Phi) is 6.06. The standard InChI is InChI=1S/C14H13BrFNOS2/c15-10-3-4-12(13(16)8-10)14(18)17-5-7-19-9-11-2-1-6-20-11/h1-4,6,8H,5,7,9H2,(H,17,18). The number of hydrogen-bond donors (Lipinski definition) is 1. The van der Waals surface area contributed by atoms with Crippen molar-refractivity contribution in [3.63, 3.8) is 0 Å². The molecule has 0 spiro atoms. The van der Waals surface area contributed by atoms with Crippen molar-refractivity contribution in [2.24, 2.45) is 0 Å². The van der Waals surface area contributed by atoms with Gasteiger partial charge in [0, 0.05) is 27.4 Å². The summed E-state index contributed by atoms with van der Waals surface area (Å²) < 4.78 is 14.2. The average molecular weight is 374 g/mol. The van der Waals surface area contributed by atoms with E-state index < -0.39 is 5.82 Å². The Balaban J connectivity index is 1.72. The molecule has 2 nitrogen and oxygen atoms in total. The number of rotatable bonds is 6. The summed E-state index contributed by atoms with van der Waals surface area (Å²) in [6.45, 7) is 0.532. The molecule has 1 aromatic heterocycles. The summed E-state index contributed by atoms with van der Waals surface area (Å²) >= 11 is 6.64. The smallest absolute Gasteiger partial charge is 0.254 e. The Morgan fingerprint density at radius 1 is 1.40 bits per heavy atom. The Hall–Kier alpha value is -0.850. The van der Waals surface area contributed by atoms with Crippen LogP contribution in [0.5, 0.6) is 0 Å². The molecule has 0 fully saturated rings. The van der Waals surface area contributed by atoms with Crippen LogP contribution in [-0.2, 0) is 5.75 Å². The van der Waals surface area contributed by atoms with E-state index in [4.69, 9.17) is 0 Å². The second kappa shape index (κ2) is 7.81. The van der Waals surface area contributed by atoms with Crippen molar-refractivity contribution in [3.05, 3.63) is 56.4 Å². The van der Waals surface area contributed by atoms with E-state index >= 15 is 0 Å². The lowest BCUT2D eigenvalue weighted by Crippen LogP contribution is -2.26. The van der Waals surface area contributed by atoms with Crippen LogP contribution in [-0.4, -0.2) is 18.2 Å². The van der Waals surface area contributed by atoms with Crippen molar-refractivity contribution in [1.82, 2.24) is 5.32 Å². The van der Waals surface area contributed by atoms with Crippen molar-refractivity contribution < 1.29 is 9.18 Å². The molecule has 6 heteroatoms. The lowest BCUT2D eigenvalue weighted by atomic mass is 10.2. The van der Waals surface area contributed by atoms with Crippen LogP contribution < -0.4 is 5.32 Å². The first-order chi connectivity index (χ1) is 9.66. The SMILES string of the molecule is O=C(NCCSCc1cccs1)c1ccc(Br)cc1F. The van der Waals surface area contributed by atoms with Gasteiger partial charge < -0.3 is 5.32 Å². The molecular weight excluding hydrogens is 361 g/mol. The third kappa shape index (κ3) is 4.61. The van der Waals surface area contributed by atoms with Crippen molar-refractivity contribution >= 4 is 44.9 Å². The molecule has 2 rings (SSSR count). The molecule has 106 valence electrons. The zero-order valence-corrected chi connectivity index (χ0v) is 13.8. The second-order valence-electron chi connectivity index (χ2n) is 4.01. The Bertz CT molecular complexity index is 575. The number of halogens is 2. The number of hydrogen-bond acceptors (Lipinski definition) is 3. The van der Waals surface area contributed by atoms with Gasteiger partial charge in [0.15, 0.2) is 0 Å². The molecule has 20 heavy (non-hydrogen) atoms. The normalized spacial score (nSPS) is 10.5. The Morgan fingerprint density at radius 3 is 2.95 bits per heavy atom. The molecule has 1 amide bonds. The maximum absolute atomic E-state index is 13.6. The summed E-state index contributed by atoms with van der Waals surface area (Å²) in [6.07, 6.45) is 0. The third-order valence-electron chi connectivity index (χ3n) is 2.53. The van der Waals surface area contributed by atoms with Gasteiger partial charge >= 0.3 is 0 Å². The molecule has 0 aliphatic heterocycles. The summed E-state index contributed by atoms with van der Waals surface area (Å²) in [5, 5.41) is 4.78. The number of benzene rings is 1. The van der Waals surface area contributed by atoms with Crippen molar-refractivity contribution in [2.45, 2.75) is 5.75 Å². The van der Waals surface area contributed by atoms with Gasteiger partial charge in [-0.25, -0.2) is 4.39 Å². The minimum absolute atomic E-state index is 0.0801. The summed E-state index contributed by atoms with van der Waals surface area (Å²) in [5.41, 5.74) is 0.0801. The van der Waals surface area contributed by atoms with E-state index in [9.17, 15) is 9.18 Å². The summed E-state index contributed by atoms with van der Waals surface area (Å²) in [5.74, 6) is 0.872. The van der Waals surface area contributed by atoms with Crippen LogP contribution >= 0.6 is 39.0 Å². The fraction of sp³-hybridized carbons (Fsp3) is 0.214. The van der Waals surface area contributed by atoms with Gasteiger partial charge in [-0.15, -0.1) is 11.3 Å². The molecule has 1 aromatic carbocycles. The summed E-state index contributed by atoms with van der Waals surface area (Å²) in [6, 6.07) is 8.55. The number of thiophene rings is 1. The maximum Gasteiger partial charge on any atom is 0.254 e. The van der Waals surface area contributed by atoms with Crippen LogP contribution in [0.15, 0.2) is 40.2 Å². The van der Waals surface area contributed by atoms with Crippen LogP contribution in [0.2, 0.25) is 0 Å². The Morgan fingerprint density at radius 2 is 2.25 bits per heavy atom. The molecule has 0 bridgehead atoms. The van der Waals surface area contributed by atoms with E-state index in [-0.39, 0.29) is 11.5 Å². The van der Waals surface area contributed by atoms with Gasteiger partial charge in [0.2, 0.25) is 0 Å². The third-order valence-corrected chi connectivity index (χ3v) is 5.09. The van der Waals surface area contributed by atoms with Crippen LogP contribution in [0.4, 0.5) is 4.39 Å². The van der Waals surface area contributed by atoms with Gasteiger partial charge in [-0.05, 0) is 29.6 Å². The first-order valence-electron chi connectivity index (χ1n) is 6.00. The van der Waals surface area contributed by atoms with Crippen molar-refractivity contribution in [1.29, 1.82) is 0 Å². The van der Waals surface area contributed by atoms with Crippen LogP contribution in [0.1, 0.15) is 15.2 Å². The molecular formula is C14H13BrFNOS2. The highest BCUT2D eigenvalue weighted by molar-refractivity contribution is 9.10. The van der Waals surface area contributed by atoms with E-state index in [0.717, 1.165) is 11.5 Å². The highest BCUT2D eigenvalue weighted by atomic mass is 79.9. The number of amides is 1. The maximum atomic E-state index is 13.6. The number of carbonyl (C=O) groups is 1. The molecule has 0 saturated carbocycles. The zero-order valence-electron chi connectivity index (χ0n) is 10.6. The number of thioether (sulfide) groups is 1. The first kappa shape index (κ1) is 15.5. The van der Waals surface area contributed by atoms with E-state index in [1.54, 1.807) is 29.2 Å². The lowest BCUT2D eigenvalue weighted by molar-refractivity contribution is 0.0952. The molecule has 0 atom stereocenters. The van der Waals surface area contributed by atoms with Crippen molar-refractivity contribution in [3.8, 4) is 0 Å². The topological polar surface area (TPSA) is 29.1 Å². The van der Waals surface area contributed by atoms with Crippen molar-refractivity contribution in [2.75, 3.05) is 12.3 Å². The summed E-state index contributed by atoms with van der Waals surface area (Å²) in [4.78, 5) is 13.1. The quantitative estimate of drug-likeness (QED) is 0.764. The van der Waals surface area contributed by atoms with Gasteiger partial charge in [0.25, 0.3) is 5.91 Å². The molecule has 1 N–H and O–H groups in total. The fourth-order valence-corrected chi connectivity index (χ4v) is 3.61. The monoisotopic (exact) mass is 373 g/mol. The molecule has 0 aliphatic rings. The molecule has 0 aliphatic carbocycles. The molecule has 2 aromatic rings. The molecule has 0 saturated heterocycles. The minimum Gasteiger partial charge on any atom is -0.351 e.